The average molecular weight is 254 g/mol. The van der Waals surface area contributed by atoms with Crippen molar-refractivity contribution < 1.29 is 13.2 Å². The Morgan fingerprint density at radius 1 is 1.22 bits per heavy atom. The SMILES string of the molecule is CNC(C)c1nnc(Nc2ccc(F)c(F)c2)o1. The molecule has 7 heteroatoms. The summed E-state index contributed by atoms with van der Waals surface area (Å²) in [6.45, 7) is 1.86. The van der Waals surface area contributed by atoms with Gasteiger partial charge in [0.15, 0.2) is 11.6 Å². The van der Waals surface area contributed by atoms with Gasteiger partial charge in [-0.25, -0.2) is 8.78 Å². The number of rotatable bonds is 4. The minimum absolute atomic E-state index is 0.0852. The summed E-state index contributed by atoms with van der Waals surface area (Å²) in [6, 6.07) is 3.45. The van der Waals surface area contributed by atoms with E-state index in [1.807, 2.05) is 6.92 Å². The predicted octanol–water partition coefficient (Wildman–Crippen LogP) is 2.37. The highest BCUT2D eigenvalue weighted by Gasteiger charge is 2.12. The molecule has 0 radical (unpaired) electrons. The summed E-state index contributed by atoms with van der Waals surface area (Å²) >= 11 is 0. The van der Waals surface area contributed by atoms with Crippen LogP contribution in [0.4, 0.5) is 20.5 Å². The Morgan fingerprint density at radius 3 is 2.67 bits per heavy atom. The monoisotopic (exact) mass is 254 g/mol. The number of nitrogens with one attached hydrogen (secondary N) is 2. The van der Waals surface area contributed by atoms with E-state index >= 15 is 0 Å². The molecular weight excluding hydrogens is 242 g/mol. The van der Waals surface area contributed by atoms with E-state index in [1.165, 1.54) is 6.07 Å². The molecule has 0 aliphatic rings. The van der Waals surface area contributed by atoms with Gasteiger partial charge in [-0.05, 0) is 26.1 Å². The minimum Gasteiger partial charge on any atom is -0.406 e. The fraction of sp³-hybridized carbons (Fsp3) is 0.273. The standard InChI is InChI=1S/C11H12F2N4O/c1-6(14-2)10-16-17-11(18-10)15-7-3-4-8(12)9(13)5-7/h3-6,14H,1-2H3,(H,15,17). The van der Waals surface area contributed by atoms with Crippen molar-refractivity contribution in [1.29, 1.82) is 0 Å². The Labute approximate surface area is 102 Å². The molecular formula is C11H12F2N4O. The highest BCUT2D eigenvalue weighted by Crippen LogP contribution is 2.19. The lowest BCUT2D eigenvalue weighted by atomic mass is 10.3. The van der Waals surface area contributed by atoms with Crippen LogP contribution in [-0.4, -0.2) is 17.2 Å². The molecule has 2 rings (SSSR count). The first-order valence-electron chi connectivity index (χ1n) is 5.33. The van der Waals surface area contributed by atoms with Crippen LogP contribution < -0.4 is 10.6 Å². The number of hydrogen-bond donors (Lipinski definition) is 2. The lowest BCUT2D eigenvalue weighted by Crippen LogP contribution is -2.12. The van der Waals surface area contributed by atoms with Crippen LogP contribution in [0.15, 0.2) is 22.6 Å². The van der Waals surface area contributed by atoms with Gasteiger partial charge in [-0.1, -0.05) is 5.10 Å². The van der Waals surface area contributed by atoms with E-state index in [0.717, 1.165) is 12.1 Å². The third-order valence-corrected chi connectivity index (χ3v) is 2.41. The van der Waals surface area contributed by atoms with Crippen molar-refractivity contribution in [1.82, 2.24) is 15.5 Å². The fourth-order valence-corrected chi connectivity index (χ4v) is 1.28. The van der Waals surface area contributed by atoms with Gasteiger partial charge in [0.2, 0.25) is 5.89 Å². The summed E-state index contributed by atoms with van der Waals surface area (Å²) < 4.78 is 31.0. The molecule has 1 atom stereocenters. The molecule has 0 fully saturated rings. The summed E-state index contributed by atoms with van der Waals surface area (Å²) in [4.78, 5) is 0. The molecule has 2 aromatic rings. The molecule has 18 heavy (non-hydrogen) atoms. The van der Waals surface area contributed by atoms with E-state index in [0.29, 0.717) is 11.6 Å². The molecule has 0 aliphatic carbocycles. The van der Waals surface area contributed by atoms with E-state index < -0.39 is 11.6 Å². The van der Waals surface area contributed by atoms with Gasteiger partial charge >= 0.3 is 6.01 Å². The van der Waals surface area contributed by atoms with Crippen molar-refractivity contribution in [2.24, 2.45) is 0 Å². The number of benzene rings is 1. The third kappa shape index (κ3) is 2.62. The summed E-state index contributed by atoms with van der Waals surface area (Å²) in [7, 11) is 1.76. The molecule has 0 amide bonds. The second kappa shape index (κ2) is 5.09. The van der Waals surface area contributed by atoms with Gasteiger partial charge in [-0.3, -0.25) is 0 Å². The Hall–Kier alpha value is -2.02. The zero-order valence-electron chi connectivity index (χ0n) is 9.87. The number of nitrogens with zero attached hydrogens (tertiary/aromatic N) is 2. The molecule has 96 valence electrons. The van der Waals surface area contributed by atoms with E-state index in [2.05, 4.69) is 20.8 Å². The number of aromatic nitrogens is 2. The third-order valence-electron chi connectivity index (χ3n) is 2.41. The zero-order chi connectivity index (χ0) is 13.1. The van der Waals surface area contributed by atoms with E-state index in [-0.39, 0.29) is 12.1 Å². The van der Waals surface area contributed by atoms with Gasteiger partial charge in [-0.15, -0.1) is 5.10 Å². The molecule has 1 aromatic heterocycles. The maximum absolute atomic E-state index is 13.0. The number of hydrogen-bond acceptors (Lipinski definition) is 5. The molecule has 2 N–H and O–H groups in total. The summed E-state index contributed by atoms with van der Waals surface area (Å²) in [5, 5.41) is 13.2. The number of anilines is 2. The van der Waals surface area contributed by atoms with Crippen molar-refractivity contribution in [2.75, 3.05) is 12.4 Å². The normalized spacial score (nSPS) is 12.4. The molecule has 1 aromatic carbocycles. The zero-order valence-corrected chi connectivity index (χ0v) is 9.87. The summed E-state index contributed by atoms with van der Waals surface area (Å²) in [5.74, 6) is -1.44. The van der Waals surface area contributed by atoms with Crippen LogP contribution in [0.25, 0.3) is 0 Å². The van der Waals surface area contributed by atoms with Crippen LogP contribution in [0.5, 0.6) is 0 Å². The van der Waals surface area contributed by atoms with Crippen LogP contribution in [0.1, 0.15) is 18.9 Å². The highest BCUT2D eigenvalue weighted by molar-refractivity contribution is 5.51. The van der Waals surface area contributed by atoms with E-state index in [1.54, 1.807) is 7.05 Å². The van der Waals surface area contributed by atoms with E-state index in [4.69, 9.17) is 4.42 Å². The Balaban J connectivity index is 2.13. The van der Waals surface area contributed by atoms with Crippen molar-refractivity contribution in [3.05, 3.63) is 35.7 Å². The van der Waals surface area contributed by atoms with Gasteiger partial charge in [0.05, 0.1) is 6.04 Å². The predicted molar refractivity (Wildman–Crippen MR) is 61.4 cm³/mol. The maximum atomic E-state index is 13.0. The van der Waals surface area contributed by atoms with E-state index in [9.17, 15) is 8.78 Å². The van der Waals surface area contributed by atoms with Gasteiger partial charge in [-0.2, -0.15) is 0 Å². The Morgan fingerprint density at radius 2 is 2.00 bits per heavy atom. The topological polar surface area (TPSA) is 63.0 Å². The van der Waals surface area contributed by atoms with Crippen molar-refractivity contribution in [3.8, 4) is 0 Å². The molecule has 0 saturated heterocycles. The van der Waals surface area contributed by atoms with Gasteiger partial charge in [0, 0.05) is 11.8 Å². The van der Waals surface area contributed by atoms with Crippen LogP contribution in [0.2, 0.25) is 0 Å². The van der Waals surface area contributed by atoms with Gasteiger partial charge < -0.3 is 15.1 Å². The molecule has 0 bridgehead atoms. The first-order chi connectivity index (χ1) is 8.60. The van der Waals surface area contributed by atoms with Crippen molar-refractivity contribution in [3.63, 3.8) is 0 Å². The van der Waals surface area contributed by atoms with Gasteiger partial charge in [0.25, 0.3) is 0 Å². The molecule has 5 nitrogen and oxygen atoms in total. The van der Waals surface area contributed by atoms with Crippen molar-refractivity contribution in [2.45, 2.75) is 13.0 Å². The van der Waals surface area contributed by atoms with Crippen LogP contribution >= 0.6 is 0 Å². The Bertz CT molecular complexity index is 544. The Kier molecular flexibility index (Phi) is 3.52. The molecule has 1 unspecified atom stereocenters. The minimum atomic E-state index is -0.941. The maximum Gasteiger partial charge on any atom is 0.320 e. The van der Waals surface area contributed by atoms with Crippen LogP contribution in [0, 0.1) is 11.6 Å². The lowest BCUT2D eigenvalue weighted by Gasteiger charge is -2.03. The van der Waals surface area contributed by atoms with Crippen LogP contribution in [0.3, 0.4) is 0 Å². The molecule has 0 spiro atoms. The fourth-order valence-electron chi connectivity index (χ4n) is 1.28. The molecule has 0 saturated carbocycles. The average Bonchev–Trinajstić information content (AvgIpc) is 2.81. The number of halogens is 2. The van der Waals surface area contributed by atoms with Crippen molar-refractivity contribution >= 4 is 11.7 Å². The summed E-state index contributed by atoms with van der Waals surface area (Å²) in [5.41, 5.74) is 0.334. The first-order valence-corrected chi connectivity index (χ1v) is 5.33. The second-order valence-electron chi connectivity index (χ2n) is 3.71. The smallest absolute Gasteiger partial charge is 0.320 e. The quantitative estimate of drug-likeness (QED) is 0.877. The first kappa shape index (κ1) is 12.4. The highest BCUT2D eigenvalue weighted by atomic mass is 19.2. The molecule has 1 heterocycles. The molecule has 0 aliphatic heterocycles. The summed E-state index contributed by atoms with van der Waals surface area (Å²) in [6.07, 6.45) is 0. The second-order valence-corrected chi connectivity index (χ2v) is 3.71. The lowest BCUT2D eigenvalue weighted by molar-refractivity contribution is 0.443. The van der Waals surface area contributed by atoms with Gasteiger partial charge in [0.1, 0.15) is 0 Å². The van der Waals surface area contributed by atoms with Crippen LogP contribution in [-0.2, 0) is 0 Å². The largest absolute Gasteiger partial charge is 0.406 e.